The highest BCUT2D eigenvalue weighted by molar-refractivity contribution is 7.92. The van der Waals surface area contributed by atoms with Crippen molar-refractivity contribution in [2.75, 3.05) is 24.0 Å². The Morgan fingerprint density at radius 1 is 0.844 bits per heavy atom. The summed E-state index contributed by atoms with van der Waals surface area (Å²) in [6.07, 6.45) is 0.180. The van der Waals surface area contributed by atoms with Gasteiger partial charge in [-0.3, -0.25) is 13.9 Å². The molecule has 236 valence electrons. The summed E-state index contributed by atoms with van der Waals surface area (Å²) in [4.78, 5) is 29.4. The Labute approximate surface area is 264 Å². The Bertz CT molecular complexity index is 1680. The average molecular weight is 632 g/mol. The second-order valence-electron chi connectivity index (χ2n) is 10.5. The topological polar surface area (TPSA) is 96.0 Å². The van der Waals surface area contributed by atoms with E-state index >= 15 is 0 Å². The molecule has 2 amide bonds. The molecular weight excluding hydrogens is 593 g/mol. The van der Waals surface area contributed by atoms with Crippen LogP contribution < -0.4 is 14.4 Å². The van der Waals surface area contributed by atoms with Gasteiger partial charge in [-0.2, -0.15) is 0 Å². The molecular formula is C35H38FN3O5S. The lowest BCUT2D eigenvalue weighted by Gasteiger charge is -2.34. The Morgan fingerprint density at radius 3 is 2.13 bits per heavy atom. The normalized spacial score (nSPS) is 11.8. The third kappa shape index (κ3) is 8.48. The molecule has 8 nitrogen and oxygen atoms in total. The number of halogens is 1. The predicted octanol–water partition coefficient (Wildman–Crippen LogP) is 5.50. The van der Waals surface area contributed by atoms with E-state index in [4.69, 9.17) is 4.74 Å². The molecule has 0 fully saturated rings. The SMILES string of the molecule is CCNC(=O)[C@@H](Cc1ccccc1)N(Cc1ccc(F)cc1)C(=O)CN(c1ccccc1OCC)S(=O)(=O)c1ccc(C)cc1. The Balaban J connectivity index is 1.82. The van der Waals surface area contributed by atoms with E-state index in [1.54, 1.807) is 50.2 Å². The van der Waals surface area contributed by atoms with Crippen LogP contribution in [0.25, 0.3) is 0 Å². The van der Waals surface area contributed by atoms with E-state index in [1.165, 1.54) is 41.3 Å². The van der Waals surface area contributed by atoms with E-state index in [9.17, 15) is 22.4 Å². The molecule has 4 aromatic rings. The van der Waals surface area contributed by atoms with E-state index in [1.807, 2.05) is 37.3 Å². The number of benzene rings is 4. The number of hydrogen-bond donors (Lipinski definition) is 1. The number of para-hydroxylation sites is 2. The summed E-state index contributed by atoms with van der Waals surface area (Å²) >= 11 is 0. The fourth-order valence-electron chi connectivity index (χ4n) is 4.92. The maximum absolute atomic E-state index is 14.5. The third-order valence-corrected chi connectivity index (χ3v) is 8.98. The number of nitrogens with one attached hydrogen (secondary N) is 1. The number of ether oxygens (including phenoxy) is 1. The molecule has 0 aliphatic carbocycles. The second-order valence-corrected chi connectivity index (χ2v) is 12.3. The standard InChI is InChI=1S/C35H38FN3O5S/c1-4-37-35(41)32(23-27-11-7-6-8-12-27)38(24-28-17-19-29(36)20-18-28)34(40)25-39(31-13-9-10-14-33(31)44-5-2)45(42,43)30-21-15-26(3)16-22-30/h6-22,32H,4-5,23-25H2,1-3H3,(H,37,41)/t32-/m1/s1. The highest BCUT2D eigenvalue weighted by Crippen LogP contribution is 2.33. The largest absolute Gasteiger partial charge is 0.492 e. The van der Waals surface area contributed by atoms with Gasteiger partial charge in [-0.25, -0.2) is 12.8 Å². The van der Waals surface area contributed by atoms with Crippen molar-refractivity contribution in [2.24, 2.45) is 0 Å². The number of carbonyl (C=O) groups excluding carboxylic acids is 2. The zero-order valence-corrected chi connectivity index (χ0v) is 26.5. The lowest BCUT2D eigenvalue weighted by atomic mass is 10.0. The highest BCUT2D eigenvalue weighted by atomic mass is 32.2. The van der Waals surface area contributed by atoms with Crippen molar-refractivity contribution in [1.29, 1.82) is 0 Å². The summed E-state index contributed by atoms with van der Waals surface area (Å²) in [5.41, 5.74) is 2.46. The van der Waals surface area contributed by atoms with Gasteiger partial charge in [-0.1, -0.05) is 72.3 Å². The molecule has 0 aliphatic heterocycles. The van der Waals surface area contributed by atoms with Crippen LogP contribution in [0.15, 0.2) is 108 Å². The molecule has 45 heavy (non-hydrogen) atoms. The zero-order valence-electron chi connectivity index (χ0n) is 25.6. The van der Waals surface area contributed by atoms with Gasteiger partial charge in [0, 0.05) is 19.5 Å². The first-order chi connectivity index (χ1) is 21.6. The van der Waals surface area contributed by atoms with Gasteiger partial charge in [0.2, 0.25) is 11.8 Å². The van der Waals surface area contributed by atoms with Gasteiger partial charge in [0.15, 0.2) is 0 Å². The number of sulfonamides is 1. The fourth-order valence-corrected chi connectivity index (χ4v) is 6.35. The van der Waals surface area contributed by atoms with E-state index in [-0.39, 0.29) is 41.8 Å². The van der Waals surface area contributed by atoms with Gasteiger partial charge in [0.25, 0.3) is 10.0 Å². The average Bonchev–Trinajstić information content (AvgIpc) is 3.03. The molecule has 10 heteroatoms. The molecule has 0 bridgehead atoms. The van der Waals surface area contributed by atoms with Crippen molar-refractivity contribution >= 4 is 27.5 Å². The van der Waals surface area contributed by atoms with Gasteiger partial charge in [0.1, 0.15) is 24.2 Å². The quantitative estimate of drug-likeness (QED) is 0.198. The van der Waals surface area contributed by atoms with Crippen LogP contribution in [-0.4, -0.2) is 50.9 Å². The maximum atomic E-state index is 14.5. The van der Waals surface area contributed by atoms with Crippen molar-refractivity contribution in [2.45, 2.75) is 44.7 Å². The van der Waals surface area contributed by atoms with Gasteiger partial charge >= 0.3 is 0 Å². The molecule has 0 radical (unpaired) electrons. The molecule has 4 rings (SSSR count). The molecule has 1 atom stereocenters. The first-order valence-corrected chi connectivity index (χ1v) is 16.2. The van der Waals surface area contributed by atoms with Crippen LogP contribution in [0.4, 0.5) is 10.1 Å². The molecule has 0 heterocycles. The van der Waals surface area contributed by atoms with Crippen molar-refractivity contribution in [3.05, 3.63) is 126 Å². The summed E-state index contributed by atoms with van der Waals surface area (Å²) in [5, 5.41) is 2.82. The van der Waals surface area contributed by atoms with Crippen LogP contribution in [0.3, 0.4) is 0 Å². The van der Waals surface area contributed by atoms with Crippen LogP contribution in [0.5, 0.6) is 5.75 Å². The number of likely N-dealkylation sites (N-methyl/N-ethyl adjacent to an activating group) is 1. The van der Waals surface area contributed by atoms with E-state index in [2.05, 4.69) is 5.32 Å². The van der Waals surface area contributed by atoms with E-state index < -0.39 is 34.3 Å². The smallest absolute Gasteiger partial charge is 0.264 e. The fraction of sp³-hybridized carbons (Fsp3) is 0.257. The Morgan fingerprint density at radius 2 is 1.49 bits per heavy atom. The van der Waals surface area contributed by atoms with E-state index in [0.717, 1.165) is 15.4 Å². The second kappa shape index (κ2) is 15.3. The van der Waals surface area contributed by atoms with Crippen molar-refractivity contribution in [1.82, 2.24) is 10.2 Å². The Hall–Kier alpha value is -4.70. The van der Waals surface area contributed by atoms with Crippen LogP contribution in [0, 0.1) is 12.7 Å². The summed E-state index contributed by atoms with van der Waals surface area (Å²) in [5.74, 6) is -1.16. The first kappa shape index (κ1) is 33.2. The number of carbonyl (C=O) groups is 2. The monoisotopic (exact) mass is 631 g/mol. The summed E-state index contributed by atoms with van der Waals surface area (Å²) in [6, 6.07) is 26.9. The molecule has 0 saturated heterocycles. The molecule has 0 aromatic heterocycles. The van der Waals surface area contributed by atoms with Crippen molar-refractivity contribution in [3.63, 3.8) is 0 Å². The van der Waals surface area contributed by atoms with Gasteiger partial charge in [0.05, 0.1) is 17.2 Å². The molecule has 1 N–H and O–H groups in total. The summed E-state index contributed by atoms with van der Waals surface area (Å²) < 4.78 is 49.1. The van der Waals surface area contributed by atoms with Crippen molar-refractivity contribution < 1.29 is 27.1 Å². The number of anilines is 1. The molecule has 0 aliphatic rings. The number of hydrogen-bond acceptors (Lipinski definition) is 5. The minimum Gasteiger partial charge on any atom is -0.492 e. The summed E-state index contributed by atoms with van der Waals surface area (Å²) in [7, 11) is -4.28. The maximum Gasteiger partial charge on any atom is 0.264 e. The van der Waals surface area contributed by atoms with Gasteiger partial charge in [-0.05, 0) is 68.3 Å². The molecule has 0 unspecified atom stereocenters. The Kier molecular flexibility index (Phi) is 11.3. The zero-order chi connectivity index (χ0) is 32.4. The number of nitrogens with zero attached hydrogens (tertiary/aromatic N) is 2. The highest BCUT2D eigenvalue weighted by Gasteiger charge is 2.35. The minimum absolute atomic E-state index is 0.00171. The van der Waals surface area contributed by atoms with E-state index in [0.29, 0.717) is 12.1 Å². The molecule has 4 aromatic carbocycles. The number of rotatable bonds is 14. The number of amides is 2. The lowest BCUT2D eigenvalue weighted by molar-refractivity contribution is -0.140. The predicted molar refractivity (Wildman–Crippen MR) is 173 cm³/mol. The third-order valence-electron chi connectivity index (χ3n) is 7.21. The molecule has 0 saturated carbocycles. The van der Waals surface area contributed by atoms with Crippen molar-refractivity contribution in [3.8, 4) is 5.75 Å². The lowest BCUT2D eigenvalue weighted by Crippen LogP contribution is -2.53. The van der Waals surface area contributed by atoms with Gasteiger partial charge in [-0.15, -0.1) is 0 Å². The van der Waals surface area contributed by atoms with Crippen LogP contribution >= 0.6 is 0 Å². The molecule has 0 spiro atoms. The van der Waals surface area contributed by atoms with Crippen LogP contribution in [0.2, 0.25) is 0 Å². The van der Waals surface area contributed by atoms with Crippen LogP contribution in [-0.2, 0) is 32.6 Å². The minimum atomic E-state index is -4.28. The first-order valence-electron chi connectivity index (χ1n) is 14.8. The van der Waals surface area contributed by atoms with Crippen LogP contribution in [0.1, 0.15) is 30.5 Å². The number of aryl methyl sites for hydroxylation is 1. The summed E-state index contributed by atoms with van der Waals surface area (Å²) in [6.45, 7) is 5.35. The van der Waals surface area contributed by atoms with Gasteiger partial charge < -0.3 is 15.0 Å².